The van der Waals surface area contributed by atoms with Crippen molar-refractivity contribution in [2.45, 2.75) is 0 Å². The average molecular weight is 493 g/mol. The monoisotopic (exact) mass is 492 g/mol. The van der Waals surface area contributed by atoms with Gasteiger partial charge in [0.05, 0.1) is 0 Å². The molecule has 0 saturated heterocycles. The molecule has 0 spiro atoms. The minimum Gasteiger partial charge on any atom is -0.360 e. The van der Waals surface area contributed by atoms with Gasteiger partial charge in [0, 0.05) is 46.0 Å². The first-order valence-corrected chi connectivity index (χ1v) is 12.4. The molecule has 0 saturated carbocycles. The lowest BCUT2D eigenvalue weighted by molar-refractivity contribution is -0.111. The summed E-state index contributed by atoms with van der Waals surface area (Å²) >= 11 is 0. The number of benzene rings is 4. The summed E-state index contributed by atoms with van der Waals surface area (Å²) in [6.07, 6.45) is 17.4. The van der Waals surface area contributed by atoms with Crippen LogP contribution in [0.25, 0.3) is 32.7 Å². The quantitative estimate of drug-likeness (QED) is 0.281. The number of carbonyl (C=O) groups excluding carboxylic acids is 2. The van der Waals surface area contributed by atoms with E-state index in [0.29, 0.717) is 11.1 Å². The minimum atomic E-state index is -0.0410. The van der Waals surface area contributed by atoms with Crippen molar-refractivity contribution in [3.8, 4) is 11.1 Å². The lowest BCUT2D eigenvalue weighted by Gasteiger charge is -2.20. The molecule has 0 unspecified atom stereocenters. The molecule has 4 aromatic carbocycles. The molecule has 0 atom stereocenters. The van der Waals surface area contributed by atoms with Crippen molar-refractivity contribution in [1.82, 2.24) is 0 Å². The highest BCUT2D eigenvalue weighted by atomic mass is 16.1. The van der Waals surface area contributed by atoms with Crippen molar-refractivity contribution in [1.29, 1.82) is 0 Å². The molecule has 4 nitrogen and oxygen atoms in total. The van der Waals surface area contributed by atoms with Crippen molar-refractivity contribution in [3.63, 3.8) is 0 Å². The molecule has 0 amide bonds. The standard InChI is InChI=1S/C34H24N2O2/c37-31-15-7-3-11-25(31)21-35-29-19-17-23-9-1-5-13-27(23)33(29)34-28-14-6-2-10-24(28)18-20-30(34)36-22-26-12-4-8-16-32(26)38/h1-22,35-36H/b25-21-,26-22+. The third-order valence-corrected chi connectivity index (χ3v) is 6.71. The topological polar surface area (TPSA) is 58.2 Å². The summed E-state index contributed by atoms with van der Waals surface area (Å²) in [6.45, 7) is 0. The number of hydrogen-bond donors (Lipinski definition) is 2. The zero-order valence-corrected chi connectivity index (χ0v) is 20.5. The Labute approximate surface area is 220 Å². The molecule has 0 heterocycles. The molecule has 0 fully saturated rings. The van der Waals surface area contributed by atoms with Crippen LogP contribution in [0.2, 0.25) is 0 Å². The summed E-state index contributed by atoms with van der Waals surface area (Å²) in [5.74, 6) is -0.0820. The Kier molecular flexibility index (Phi) is 6.12. The molecular formula is C34H24N2O2. The second-order valence-corrected chi connectivity index (χ2v) is 9.07. The van der Waals surface area contributed by atoms with Gasteiger partial charge in [0.2, 0.25) is 0 Å². The molecule has 182 valence electrons. The number of fused-ring (bicyclic) bond motifs is 2. The van der Waals surface area contributed by atoms with Crippen molar-refractivity contribution in [3.05, 3.63) is 145 Å². The lowest BCUT2D eigenvalue weighted by Crippen LogP contribution is -2.04. The number of nitrogens with one attached hydrogen (secondary N) is 2. The van der Waals surface area contributed by atoms with E-state index in [-0.39, 0.29) is 11.6 Å². The molecule has 0 aromatic heterocycles. The maximum Gasteiger partial charge on any atom is 0.187 e. The van der Waals surface area contributed by atoms with Gasteiger partial charge in [-0.05, 0) is 58.0 Å². The Balaban J connectivity index is 1.57. The fourth-order valence-corrected chi connectivity index (χ4v) is 4.83. The largest absolute Gasteiger partial charge is 0.360 e. The van der Waals surface area contributed by atoms with Crippen molar-refractivity contribution in [2.75, 3.05) is 10.6 Å². The molecular weight excluding hydrogens is 468 g/mol. The van der Waals surface area contributed by atoms with Gasteiger partial charge in [-0.15, -0.1) is 0 Å². The second-order valence-electron chi connectivity index (χ2n) is 9.07. The molecule has 0 aliphatic heterocycles. The highest BCUT2D eigenvalue weighted by molar-refractivity contribution is 6.14. The third-order valence-electron chi connectivity index (χ3n) is 6.71. The molecule has 2 N–H and O–H groups in total. The summed E-state index contributed by atoms with van der Waals surface area (Å²) in [7, 11) is 0. The molecule has 4 aromatic rings. The van der Waals surface area contributed by atoms with Gasteiger partial charge in [0.1, 0.15) is 0 Å². The fourth-order valence-electron chi connectivity index (χ4n) is 4.83. The van der Waals surface area contributed by atoms with E-state index in [1.165, 1.54) is 0 Å². The molecule has 0 bridgehead atoms. The molecule has 2 aliphatic carbocycles. The van der Waals surface area contributed by atoms with E-state index in [9.17, 15) is 9.59 Å². The van der Waals surface area contributed by atoms with Crippen LogP contribution in [0.15, 0.2) is 145 Å². The highest BCUT2D eigenvalue weighted by Gasteiger charge is 2.17. The number of hydrogen-bond acceptors (Lipinski definition) is 4. The van der Waals surface area contributed by atoms with Gasteiger partial charge in [-0.1, -0.05) is 85.0 Å². The summed E-state index contributed by atoms with van der Waals surface area (Å²) in [5.41, 5.74) is 4.93. The SMILES string of the molecule is O=C1C=CC=C/C1=C/Nc1ccc2ccccc2c1-c1c(N/C=C2\C=CC=CC2=O)ccc2ccccc12. The highest BCUT2D eigenvalue weighted by Crippen LogP contribution is 2.43. The van der Waals surface area contributed by atoms with E-state index in [0.717, 1.165) is 44.0 Å². The van der Waals surface area contributed by atoms with Crippen LogP contribution in [0.3, 0.4) is 0 Å². The van der Waals surface area contributed by atoms with Crippen molar-refractivity contribution in [2.24, 2.45) is 0 Å². The van der Waals surface area contributed by atoms with Crippen LogP contribution < -0.4 is 10.6 Å². The molecule has 0 radical (unpaired) electrons. The van der Waals surface area contributed by atoms with Crippen LogP contribution in [0.4, 0.5) is 11.4 Å². The van der Waals surface area contributed by atoms with Gasteiger partial charge in [-0.25, -0.2) is 0 Å². The van der Waals surface area contributed by atoms with Crippen LogP contribution in [-0.2, 0) is 9.59 Å². The number of anilines is 2. The van der Waals surface area contributed by atoms with E-state index in [2.05, 4.69) is 47.0 Å². The van der Waals surface area contributed by atoms with E-state index in [4.69, 9.17) is 0 Å². The normalized spacial score (nSPS) is 16.7. The van der Waals surface area contributed by atoms with Gasteiger partial charge < -0.3 is 10.6 Å². The summed E-state index contributed by atoms with van der Waals surface area (Å²) in [6, 6.07) is 24.8. The van der Waals surface area contributed by atoms with Crippen LogP contribution in [0.1, 0.15) is 0 Å². The zero-order valence-electron chi connectivity index (χ0n) is 20.5. The Morgan fingerprint density at radius 2 is 0.895 bits per heavy atom. The van der Waals surface area contributed by atoms with Crippen LogP contribution in [0, 0.1) is 0 Å². The van der Waals surface area contributed by atoms with Gasteiger partial charge in [0.15, 0.2) is 11.6 Å². The maximum absolute atomic E-state index is 12.4. The third kappa shape index (κ3) is 4.40. The first-order valence-electron chi connectivity index (χ1n) is 12.4. The van der Waals surface area contributed by atoms with Gasteiger partial charge >= 0.3 is 0 Å². The predicted molar refractivity (Wildman–Crippen MR) is 157 cm³/mol. The van der Waals surface area contributed by atoms with E-state index in [1.54, 1.807) is 48.9 Å². The Hall–Kier alpha value is -5.22. The van der Waals surface area contributed by atoms with E-state index in [1.807, 2.05) is 48.6 Å². The fraction of sp³-hybridized carbons (Fsp3) is 0. The predicted octanol–water partition coefficient (Wildman–Crippen LogP) is 7.64. The molecule has 6 rings (SSSR count). The smallest absolute Gasteiger partial charge is 0.187 e. The first-order chi connectivity index (χ1) is 18.7. The van der Waals surface area contributed by atoms with Gasteiger partial charge in [-0.3, -0.25) is 9.59 Å². The van der Waals surface area contributed by atoms with Crippen molar-refractivity contribution >= 4 is 44.5 Å². The number of carbonyl (C=O) groups is 2. The molecule has 4 heteroatoms. The van der Waals surface area contributed by atoms with Gasteiger partial charge in [-0.2, -0.15) is 0 Å². The second kappa shape index (κ2) is 10.0. The number of allylic oxidation sites excluding steroid dienone is 10. The summed E-state index contributed by atoms with van der Waals surface area (Å²) < 4.78 is 0. The Morgan fingerprint density at radius 1 is 0.474 bits per heavy atom. The van der Waals surface area contributed by atoms with E-state index >= 15 is 0 Å². The number of ketones is 2. The maximum atomic E-state index is 12.4. The van der Waals surface area contributed by atoms with E-state index < -0.39 is 0 Å². The lowest BCUT2D eigenvalue weighted by atomic mass is 9.91. The van der Waals surface area contributed by atoms with Gasteiger partial charge in [0.25, 0.3) is 0 Å². The Bertz CT molecular complexity index is 1670. The van der Waals surface area contributed by atoms with Crippen LogP contribution >= 0.6 is 0 Å². The summed E-state index contributed by atoms with van der Waals surface area (Å²) in [4.78, 5) is 24.7. The molecule has 38 heavy (non-hydrogen) atoms. The summed E-state index contributed by atoms with van der Waals surface area (Å²) in [5, 5.41) is 11.2. The minimum absolute atomic E-state index is 0.0410. The van der Waals surface area contributed by atoms with Crippen LogP contribution in [-0.4, -0.2) is 11.6 Å². The van der Waals surface area contributed by atoms with Crippen molar-refractivity contribution < 1.29 is 9.59 Å². The molecule has 2 aliphatic rings. The van der Waals surface area contributed by atoms with Crippen LogP contribution in [0.5, 0.6) is 0 Å². The number of rotatable bonds is 5. The zero-order chi connectivity index (χ0) is 25.9. The Morgan fingerprint density at radius 3 is 1.34 bits per heavy atom. The average Bonchev–Trinajstić information content (AvgIpc) is 2.96. The first kappa shape index (κ1) is 23.2.